The second-order valence-corrected chi connectivity index (χ2v) is 7.42. The second-order valence-electron chi connectivity index (χ2n) is 7.42. The van der Waals surface area contributed by atoms with Crippen LogP contribution in [-0.4, -0.2) is 30.5 Å². The highest BCUT2D eigenvalue weighted by atomic mass is 16.6. The van der Waals surface area contributed by atoms with E-state index in [0.29, 0.717) is 23.8 Å². The summed E-state index contributed by atoms with van der Waals surface area (Å²) in [6.45, 7) is 2.39. The number of carboxylic acids is 1. The van der Waals surface area contributed by atoms with Crippen LogP contribution in [0.4, 0.5) is 0 Å². The number of hydrogen-bond acceptors (Lipinski definition) is 5. The van der Waals surface area contributed by atoms with Crippen LogP contribution in [0.15, 0.2) is 84.0 Å². The minimum atomic E-state index is -0.872. The molecule has 0 saturated carbocycles. The van der Waals surface area contributed by atoms with E-state index in [4.69, 9.17) is 19.4 Å². The van der Waals surface area contributed by atoms with Gasteiger partial charge in [0, 0.05) is 5.56 Å². The van der Waals surface area contributed by atoms with Crippen molar-refractivity contribution < 1.29 is 24.2 Å². The maximum atomic E-state index is 11.1. The van der Waals surface area contributed by atoms with E-state index in [1.54, 1.807) is 6.92 Å². The number of benzene rings is 3. The van der Waals surface area contributed by atoms with Crippen molar-refractivity contribution in [2.24, 2.45) is 5.16 Å². The largest absolute Gasteiger partial charge is 0.489 e. The lowest BCUT2D eigenvalue weighted by Gasteiger charge is -2.11. The Balaban J connectivity index is 1.54. The minimum absolute atomic E-state index is 0.0281. The van der Waals surface area contributed by atoms with Crippen LogP contribution in [0.5, 0.6) is 11.5 Å². The molecule has 0 aliphatic carbocycles. The van der Waals surface area contributed by atoms with Gasteiger partial charge in [-0.3, -0.25) is 4.79 Å². The zero-order chi connectivity index (χ0) is 24.2. The van der Waals surface area contributed by atoms with E-state index >= 15 is 0 Å². The normalized spacial score (nSPS) is 11.6. The van der Waals surface area contributed by atoms with Crippen molar-refractivity contribution in [1.29, 1.82) is 0 Å². The van der Waals surface area contributed by atoms with Gasteiger partial charge in [-0.15, -0.1) is 5.92 Å². The summed E-state index contributed by atoms with van der Waals surface area (Å²) >= 11 is 0. The molecule has 6 heteroatoms. The molecule has 0 fully saturated rings. The molecule has 3 aromatic rings. The third kappa shape index (κ3) is 7.42. The molecule has 0 aliphatic heterocycles. The third-order valence-corrected chi connectivity index (χ3v) is 4.99. The minimum Gasteiger partial charge on any atom is -0.489 e. The van der Waals surface area contributed by atoms with E-state index in [1.807, 2.05) is 78.9 Å². The topological polar surface area (TPSA) is 77.4 Å². The molecule has 0 radical (unpaired) electrons. The summed E-state index contributed by atoms with van der Waals surface area (Å²) < 4.78 is 11.7. The molecule has 0 aromatic heterocycles. The maximum Gasteiger partial charge on any atom is 0.304 e. The zero-order valence-corrected chi connectivity index (χ0v) is 19.2. The summed E-state index contributed by atoms with van der Waals surface area (Å²) in [5, 5.41) is 13.1. The van der Waals surface area contributed by atoms with E-state index in [9.17, 15) is 4.79 Å². The fourth-order valence-corrected chi connectivity index (χ4v) is 3.30. The summed E-state index contributed by atoms with van der Waals surface area (Å²) in [7, 11) is 1.51. The second kappa shape index (κ2) is 12.7. The number of ether oxygens (including phenoxy) is 2. The van der Waals surface area contributed by atoms with Crippen molar-refractivity contribution in [3.63, 3.8) is 0 Å². The smallest absolute Gasteiger partial charge is 0.304 e. The predicted molar refractivity (Wildman–Crippen MR) is 131 cm³/mol. The Morgan fingerprint density at radius 1 is 0.941 bits per heavy atom. The quantitative estimate of drug-likeness (QED) is 0.241. The van der Waals surface area contributed by atoms with Gasteiger partial charge in [0.25, 0.3) is 0 Å². The first-order valence-corrected chi connectivity index (χ1v) is 10.8. The van der Waals surface area contributed by atoms with Crippen LogP contribution in [0.3, 0.4) is 0 Å². The van der Waals surface area contributed by atoms with E-state index in [0.717, 1.165) is 16.7 Å². The number of aliphatic carboxylic acids is 1. The Bertz CT molecular complexity index is 1140. The van der Waals surface area contributed by atoms with Gasteiger partial charge in [0.2, 0.25) is 0 Å². The number of carboxylic acid groups (broad SMARTS) is 1. The van der Waals surface area contributed by atoms with Crippen molar-refractivity contribution in [3.05, 3.63) is 95.6 Å². The first-order chi connectivity index (χ1) is 16.6. The summed E-state index contributed by atoms with van der Waals surface area (Å²) in [5.74, 6) is 5.96. The van der Waals surface area contributed by atoms with Gasteiger partial charge in [0.05, 0.1) is 12.3 Å². The Labute approximate surface area is 199 Å². The molecule has 174 valence electrons. The van der Waals surface area contributed by atoms with Crippen LogP contribution >= 0.6 is 0 Å². The van der Waals surface area contributed by atoms with E-state index in [-0.39, 0.29) is 18.9 Å². The first kappa shape index (κ1) is 24.4. The molecule has 0 saturated heterocycles. The molecule has 3 rings (SSSR count). The lowest BCUT2D eigenvalue weighted by atomic mass is 9.96. The maximum absolute atomic E-state index is 11.1. The molecule has 1 unspecified atom stereocenters. The van der Waals surface area contributed by atoms with Crippen molar-refractivity contribution in [3.8, 4) is 23.3 Å². The molecule has 1 N–H and O–H groups in total. The Hall–Kier alpha value is -4.24. The number of rotatable bonds is 11. The average molecular weight is 458 g/mol. The summed E-state index contributed by atoms with van der Waals surface area (Å²) in [6.07, 6.45) is -0.0281. The zero-order valence-electron chi connectivity index (χ0n) is 19.2. The number of carbonyl (C=O) groups is 1. The number of nitrogens with zero attached hydrogens (tertiary/aromatic N) is 1. The Morgan fingerprint density at radius 2 is 1.59 bits per heavy atom. The molecule has 0 aliphatic rings. The average Bonchev–Trinajstić information content (AvgIpc) is 2.86. The van der Waals surface area contributed by atoms with Gasteiger partial charge in [-0.25, -0.2) is 0 Å². The molecule has 0 heterocycles. The summed E-state index contributed by atoms with van der Waals surface area (Å²) in [6, 6.07) is 24.8. The summed E-state index contributed by atoms with van der Waals surface area (Å²) in [4.78, 5) is 16.0. The summed E-state index contributed by atoms with van der Waals surface area (Å²) in [5.41, 5.74) is 3.49. The van der Waals surface area contributed by atoms with Gasteiger partial charge in [-0.05, 0) is 42.3 Å². The Morgan fingerprint density at radius 3 is 2.21 bits per heavy atom. The highest BCUT2D eigenvalue weighted by Gasteiger charge is 2.13. The van der Waals surface area contributed by atoms with Crippen molar-refractivity contribution in [1.82, 2.24) is 0 Å². The van der Waals surface area contributed by atoms with E-state index in [1.165, 1.54) is 7.11 Å². The molecular formula is C28H27NO5. The molecule has 0 amide bonds. The number of oxime groups is 1. The molecular weight excluding hydrogens is 430 g/mol. The fourth-order valence-electron chi connectivity index (χ4n) is 3.30. The van der Waals surface area contributed by atoms with Crippen molar-refractivity contribution >= 4 is 11.7 Å². The van der Waals surface area contributed by atoms with Crippen LogP contribution in [0, 0.1) is 11.8 Å². The fraction of sp³-hybridized carbons (Fsp3) is 0.214. The van der Waals surface area contributed by atoms with Gasteiger partial charge < -0.3 is 19.4 Å². The van der Waals surface area contributed by atoms with Crippen molar-refractivity contribution in [2.45, 2.75) is 25.9 Å². The predicted octanol–water partition coefficient (Wildman–Crippen LogP) is 5.28. The van der Waals surface area contributed by atoms with Crippen LogP contribution in [-0.2, 0) is 16.2 Å². The van der Waals surface area contributed by atoms with Crippen LogP contribution in [0.25, 0.3) is 0 Å². The van der Waals surface area contributed by atoms with Gasteiger partial charge in [0.1, 0.15) is 37.5 Å². The monoisotopic (exact) mass is 457 g/mol. The van der Waals surface area contributed by atoms with Gasteiger partial charge >= 0.3 is 5.97 Å². The lowest BCUT2D eigenvalue weighted by molar-refractivity contribution is -0.137. The molecule has 0 spiro atoms. The standard InChI is InChI=1S/C28H27NO5/c1-3-7-24(18-28(30)31)22-12-16-26(17-13-22)33-19-21-10-14-25(15-11-21)34-20-27(29-32-2)23-8-5-4-6-9-23/h4-6,8-17,24H,18-20H2,1-2H3,(H,30,31)/b29-27+. The molecule has 1 atom stereocenters. The third-order valence-electron chi connectivity index (χ3n) is 4.99. The number of hydrogen-bond donors (Lipinski definition) is 1. The van der Waals surface area contributed by atoms with Gasteiger partial charge in [-0.1, -0.05) is 65.7 Å². The highest BCUT2D eigenvalue weighted by Crippen LogP contribution is 2.23. The van der Waals surface area contributed by atoms with E-state index in [2.05, 4.69) is 17.0 Å². The molecule has 0 bridgehead atoms. The molecule has 3 aromatic carbocycles. The first-order valence-electron chi connectivity index (χ1n) is 10.8. The molecule has 6 nitrogen and oxygen atoms in total. The highest BCUT2D eigenvalue weighted by molar-refractivity contribution is 6.01. The molecule has 34 heavy (non-hydrogen) atoms. The van der Waals surface area contributed by atoms with Crippen LogP contribution < -0.4 is 9.47 Å². The van der Waals surface area contributed by atoms with Crippen LogP contribution in [0.1, 0.15) is 36.0 Å². The lowest BCUT2D eigenvalue weighted by Crippen LogP contribution is -2.13. The van der Waals surface area contributed by atoms with Crippen LogP contribution in [0.2, 0.25) is 0 Å². The van der Waals surface area contributed by atoms with Gasteiger partial charge in [-0.2, -0.15) is 0 Å². The van der Waals surface area contributed by atoms with Gasteiger partial charge in [0.15, 0.2) is 0 Å². The van der Waals surface area contributed by atoms with E-state index < -0.39 is 5.97 Å². The van der Waals surface area contributed by atoms with Crippen molar-refractivity contribution in [2.75, 3.05) is 13.7 Å². The Kier molecular flexibility index (Phi) is 9.12. The SMILES string of the molecule is CC#CC(CC(=O)O)c1ccc(OCc2ccc(OC/C(=N\OC)c3ccccc3)cc2)cc1.